The van der Waals surface area contributed by atoms with E-state index in [9.17, 15) is 4.79 Å². The van der Waals surface area contributed by atoms with Crippen molar-refractivity contribution in [2.75, 3.05) is 13.1 Å². The predicted molar refractivity (Wildman–Crippen MR) is 73.6 cm³/mol. The molecule has 7 nitrogen and oxygen atoms in total. The number of hydrogen-bond donors (Lipinski definition) is 2. The molecule has 0 spiro atoms. The van der Waals surface area contributed by atoms with Crippen LogP contribution in [0.1, 0.15) is 58.3 Å². The van der Waals surface area contributed by atoms with Gasteiger partial charge in [0.25, 0.3) is 0 Å². The van der Waals surface area contributed by atoms with E-state index >= 15 is 0 Å². The first kappa shape index (κ1) is 25.9. The van der Waals surface area contributed by atoms with Gasteiger partial charge in [0.2, 0.25) is 0 Å². The Hall–Kier alpha value is -0.0766. The third kappa shape index (κ3) is 45.0. The van der Waals surface area contributed by atoms with Crippen LogP contribution in [0.2, 0.25) is 0 Å². The van der Waals surface area contributed by atoms with Gasteiger partial charge < -0.3 is 19.5 Å². The summed E-state index contributed by atoms with van der Waals surface area (Å²) in [4.78, 5) is 10.2. The van der Waals surface area contributed by atoms with Crippen molar-refractivity contribution in [2.45, 2.75) is 58.3 Å². The van der Waals surface area contributed by atoms with Gasteiger partial charge in [0.05, 0.1) is 6.54 Å². The summed E-state index contributed by atoms with van der Waals surface area (Å²) in [6, 6.07) is 0. The van der Waals surface area contributed by atoms with E-state index in [1.54, 1.807) is 0 Å². The summed E-state index contributed by atoms with van der Waals surface area (Å²) in [5.74, 6) is -0.769. The Labute approximate surface area is 140 Å². The summed E-state index contributed by atoms with van der Waals surface area (Å²) >= 11 is 0. The molecular formula is C12H25NO6SZn. The van der Waals surface area contributed by atoms with Crippen molar-refractivity contribution in [1.82, 2.24) is 5.32 Å². The van der Waals surface area contributed by atoms with Crippen LogP contribution in [0.15, 0.2) is 0 Å². The molecule has 0 aromatic carbocycles. The van der Waals surface area contributed by atoms with Crippen LogP contribution >= 0.6 is 0 Å². The third-order valence-electron chi connectivity index (χ3n) is 2.48. The van der Waals surface area contributed by atoms with Gasteiger partial charge in [-0.15, -0.1) is 0 Å². The second kappa shape index (κ2) is 18.0. The number of aliphatic carboxylic acids is 1. The molecule has 0 aliphatic carbocycles. The molecule has 9 heteroatoms. The molecule has 0 bridgehead atoms. The number of nitrogens with one attached hydrogen (secondary N) is 1. The molecule has 0 aromatic heterocycles. The van der Waals surface area contributed by atoms with E-state index in [0.29, 0.717) is 0 Å². The largest absolute Gasteiger partial charge is 2.00 e. The van der Waals surface area contributed by atoms with Gasteiger partial charge in [-0.2, -0.15) is 0 Å². The normalized spacial score (nSPS) is 10.2. The fourth-order valence-corrected chi connectivity index (χ4v) is 1.58. The van der Waals surface area contributed by atoms with Gasteiger partial charge in [0.15, 0.2) is 0 Å². The zero-order valence-electron chi connectivity index (χ0n) is 12.7. The number of rotatable bonds is 11. The van der Waals surface area contributed by atoms with E-state index in [-0.39, 0.29) is 26.0 Å². The monoisotopic (exact) mass is 375 g/mol. The first-order valence-corrected chi connectivity index (χ1v) is 8.20. The molecule has 0 aliphatic rings. The van der Waals surface area contributed by atoms with Gasteiger partial charge >= 0.3 is 25.4 Å². The zero-order chi connectivity index (χ0) is 15.9. The molecule has 122 valence electrons. The molecule has 0 saturated heterocycles. The van der Waals surface area contributed by atoms with Crippen LogP contribution in [-0.4, -0.2) is 41.7 Å². The molecule has 0 atom stereocenters. The van der Waals surface area contributed by atoms with E-state index in [0.717, 1.165) is 13.0 Å². The Morgan fingerprint density at radius 1 is 1.00 bits per heavy atom. The summed E-state index contributed by atoms with van der Waals surface area (Å²) in [6.07, 6.45) is 10.3. The number of carboxylic acid groups (broad SMARTS) is 1. The van der Waals surface area contributed by atoms with Crippen LogP contribution in [0.3, 0.4) is 0 Å². The third-order valence-corrected chi connectivity index (χ3v) is 2.48. The first-order valence-electron chi connectivity index (χ1n) is 6.86. The average Bonchev–Trinajstić information content (AvgIpc) is 2.29. The number of hydrogen-bond acceptors (Lipinski definition) is 6. The maximum Gasteiger partial charge on any atom is 2.00 e. The number of carbonyl (C=O) groups is 1. The predicted octanol–water partition coefficient (Wildman–Crippen LogP) is 1.46. The Balaban J connectivity index is -0.000000465. The summed E-state index contributed by atoms with van der Waals surface area (Å²) in [5, 5.41) is 11.3. The van der Waals surface area contributed by atoms with E-state index in [2.05, 4.69) is 12.2 Å². The minimum Gasteiger partial charge on any atom is -0.759 e. The van der Waals surface area contributed by atoms with E-state index in [1.165, 1.54) is 44.9 Å². The maximum atomic E-state index is 10.2. The number of carboxylic acids is 1. The summed E-state index contributed by atoms with van der Waals surface area (Å²) in [6.45, 7) is 3.16. The van der Waals surface area contributed by atoms with E-state index in [4.69, 9.17) is 22.6 Å². The Kier molecular flexibility index (Phi) is 22.1. The molecule has 0 radical (unpaired) electrons. The van der Waals surface area contributed by atoms with Crippen LogP contribution in [-0.2, 0) is 34.7 Å². The molecule has 2 N–H and O–H groups in total. The van der Waals surface area contributed by atoms with Gasteiger partial charge in [-0.3, -0.25) is 13.2 Å². The van der Waals surface area contributed by atoms with Crippen LogP contribution in [0.25, 0.3) is 0 Å². The molecule has 0 heterocycles. The molecule has 0 rings (SSSR count). The topological polar surface area (TPSA) is 130 Å². The van der Waals surface area contributed by atoms with E-state index < -0.39 is 16.4 Å². The fraction of sp³-hybridized carbons (Fsp3) is 0.917. The van der Waals surface area contributed by atoms with Crippen LogP contribution in [0.4, 0.5) is 0 Å². The second-order valence-corrected chi connectivity index (χ2v) is 5.27. The average molecular weight is 377 g/mol. The summed E-state index contributed by atoms with van der Waals surface area (Å²) < 4.78 is 34.1. The molecule has 0 unspecified atom stereocenters. The summed E-state index contributed by atoms with van der Waals surface area (Å²) in [5.41, 5.74) is 0. The van der Waals surface area contributed by atoms with Gasteiger partial charge in [0.1, 0.15) is 0 Å². The molecule has 0 amide bonds. The smallest absolute Gasteiger partial charge is 0.759 e. The van der Waals surface area contributed by atoms with E-state index in [1.807, 2.05) is 0 Å². The molecule has 0 aromatic rings. The zero-order valence-corrected chi connectivity index (χ0v) is 16.5. The number of unbranched alkanes of at least 4 members (excludes halogenated alkanes) is 7. The van der Waals surface area contributed by atoms with Crippen LogP contribution in [0.5, 0.6) is 0 Å². The van der Waals surface area contributed by atoms with Crippen molar-refractivity contribution in [3.63, 3.8) is 0 Å². The quantitative estimate of drug-likeness (QED) is 0.241. The summed E-state index contributed by atoms with van der Waals surface area (Å²) in [7, 11) is -5.17. The SMILES string of the molecule is CCCCCCCCCCNCC(=O)O.O=S(=O)([O-])[O-].[Zn+2]. The van der Waals surface area contributed by atoms with Crippen molar-refractivity contribution in [3.8, 4) is 0 Å². The van der Waals surface area contributed by atoms with Crippen molar-refractivity contribution in [2.24, 2.45) is 0 Å². The molecule has 0 aliphatic heterocycles. The van der Waals surface area contributed by atoms with Gasteiger partial charge in [-0.05, 0) is 13.0 Å². The van der Waals surface area contributed by atoms with Crippen molar-refractivity contribution in [1.29, 1.82) is 0 Å². The molecule has 0 saturated carbocycles. The van der Waals surface area contributed by atoms with Gasteiger partial charge in [-0.25, -0.2) is 0 Å². The Bertz CT molecular complexity index is 316. The second-order valence-electron chi connectivity index (χ2n) is 4.45. The minimum absolute atomic E-state index is 0. The van der Waals surface area contributed by atoms with Crippen molar-refractivity contribution >= 4 is 16.4 Å². The molecule has 0 fully saturated rings. The maximum absolute atomic E-state index is 10.2. The molecular weight excluding hydrogens is 352 g/mol. The van der Waals surface area contributed by atoms with Gasteiger partial charge in [0, 0.05) is 10.4 Å². The minimum atomic E-state index is -5.17. The first-order chi connectivity index (χ1) is 9.27. The Morgan fingerprint density at radius 3 is 1.76 bits per heavy atom. The molecule has 21 heavy (non-hydrogen) atoms. The van der Waals surface area contributed by atoms with Gasteiger partial charge in [-0.1, -0.05) is 51.9 Å². The fourth-order valence-electron chi connectivity index (χ4n) is 1.58. The Morgan fingerprint density at radius 2 is 1.38 bits per heavy atom. The standard InChI is InChI=1S/C12H25NO2.H2O4S.Zn/c1-2-3-4-5-6-7-8-9-10-13-11-12(14)15;1-5(2,3)4;/h13H,2-11H2,1H3,(H,14,15);(H2,1,2,3,4);/q;;+2/p-2. The van der Waals surface area contributed by atoms with Crippen LogP contribution < -0.4 is 5.32 Å². The van der Waals surface area contributed by atoms with Crippen molar-refractivity contribution < 1.29 is 46.9 Å². The van der Waals surface area contributed by atoms with Crippen molar-refractivity contribution in [3.05, 3.63) is 0 Å². The van der Waals surface area contributed by atoms with Crippen LogP contribution in [0, 0.1) is 0 Å².